The maximum atomic E-state index is 12.5. The van der Waals surface area contributed by atoms with E-state index in [1.54, 1.807) is 30.6 Å². The van der Waals surface area contributed by atoms with E-state index in [-0.39, 0.29) is 18.3 Å². The van der Waals surface area contributed by atoms with Crippen LogP contribution < -0.4 is 10.1 Å². The summed E-state index contributed by atoms with van der Waals surface area (Å²) in [5.74, 6) is 1.50. The zero-order valence-corrected chi connectivity index (χ0v) is 16.4. The minimum absolute atomic E-state index is 0.186. The number of carbonyl (C=O) groups excluding carboxylic acids is 1. The number of nitrogens with zero attached hydrogens (tertiary/aromatic N) is 2. The third kappa shape index (κ3) is 4.16. The van der Waals surface area contributed by atoms with Crippen LogP contribution in [0, 0.1) is 0 Å². The Labute approximate surface area is 177 Å². The third-order valence-electron chi connectivity index (χ3n) is 4.80. The molecule has 3 aromatic heterocycles. The zero-order valence-electron chi connectivity index (χ0n) is 16.4. The first-order chi connectivity index (χ1) is 15.2. The Kier molecular flexibility index (Phi) is 4.90. The van der Waals surface area contributed by atoms with Crippen molar-refractivity contribution in [3.63, 3.8) is 0 Å². The molecule has 0 aliphatic heterocycles. The Morgan fingerprint density at radius 2 is 1.81 bits per heavy atom. The molecule has 2 aromatic carbocycles. The normalized spacial score (nSPS) is 10.8. The smallest absolute Gasteiger partial charge is 0.292 e. The molecule has 0 fully saturated rings. The molecule has 0 aliphatic carbocycles. The molecule has 5 rings (SSSR count). The number of aromatic nitrogens is 3. The molecule has 3 heterocycles. The van der Waals surface area contributed by atoms with Crippen molar-refractivity contribution in [2.45, 2.75) is 6.61 Å². The average molecular weight is 410 g/mol. The van der Waals surface area contributed by atoms with Gasteiger partial charge in [-0.05, 0) is 47.2 Å². The number of pyridine rings is 1. The Hall–Kier alpha value is -4.39. The Morgan fingerprint density at radius 1 is 0.968 bits per heavy atom. The van der Waals surface area contributed by atoms with Crippen LogP contribution in [0.4, 0.5) is 5.82 Å². The van der Waals surface area contributed by atoms with Crippen molar-refractivity contribution in [2.24, 2.45) is 0 Å². The summed E-state index contributed by atoms with van der Waals surface area (Å²) in [6.07, 6.45) is 3.39. The first-order valence-corrected chi connectivity index (χ1v) is 9.72. The Bertz CT molecular complexity index is 1340. The van der Waals surface area contributed by atoms with E-state index in [4.69, 9.17) is 9.15 Å². The van der Waals surface area contributed by atoms with Gasteiger partial charge in [0, 0.05) is 24.0 Å². The molecular formula is C24H18N4O3. The van der Waals surface area contributed by atoms with Gasteiger partial charge in [0.25, 0.3) is 5.91 Å². The maximum absolute atomic E-state index is 12.5. The second-order valence-corrected chi connectivity index (χ2v) is 6.92. The van der Waals surface area contributed by atoms with Gasteiger partial charge in [0.2, 0.25) is 0 Å². The molecule has 5 aromatic rings. The number of benzene rings is 2. The highest BCUT2D eigenvalue weighted by atomic mass is 16.5. The number of H-pyrrole nitrogens is 1. The van der Waals surface area contributed by atoms with Crippen LogP contribution >= 0.6 is 0 Å². The van der Waals surface area contributed by atoms with E-state index in [0.717, 1.165) is 27.8 Å². The summed E-state index contributed by atoms with van der Waals surface area (Å²) in [4.78, 5) is 16.5. The third-order valence-corrected chi connectivity index (χ3v) is 4.80. The van der Waals surface area contributed by atoms with E-state index in [1.807, 2.05) is 48.5 Å². The molecule has 152 valence electrons. The lowest BCUT2D eigenvalue weighted by atomic mass is 10.1. The minimum atomic E-state index is -0.385. The van der Waals surface area contributed by atoms with Crippen molar-refractivity contribution in [2.75, 3.05) is 5.32 Å². The van der Waals surface area contributed by atoms with Crippen molar-refractivity contribution in [3.8, 4) is 17.0 Å². The number of fused-ring (bicyclic) bond motifs is 1. The first kappa shape index (κ1) is 18.6. The van der Waals surface area contributed by atoms with E-state index in [0.29, 0.717) is 11.6 Å². The van der Waals surface area contributed by atoms with Crippen LogP contribution in [0.25, 0.3) is 22.0 Å². The Morgan fingerprint density at radius 3 is 2.68 bits per heavy atom. The van der Waals surface area contributed by atoms with Crippen LogP contribution in [0.1, 0.15) is 16.3 Å². The number of hydrogen-bond acceptors (Lipinski definition) is 5. The molecular weight excluding hydrogens is 392 g/mol. The maximum Gasteiger partial charge on any atom is 0.292 e. The summed E-state index contributed by atoms with van der Waals surface area (Å²) in [7, 11) is 0. The number of carbonyl (C=O) groups is 1. The number of anilines is 1. The van der Waals surface area contributed by atoms with Gasteiger partial charge >= 0.3 is 0 Å². The van der Waals surface area contributed by atoms with Crippen LogP contribution in [0.2, 0.25) is 0 Å². The number of amides is 1. The molecule has 0 atom stereocenters. The summed E-state index contributed by atoms with van der Waals surface area (Å²) in [5.41, 5.74) is 1.70. The van der Waals surface area contributed by atoms with Gasteiger partial charge in [0.1, 0.15) is 18.1 Å². The van der Waals surface area contributed by atoms with Gasteiger partial charge in [-0.1, -0.05) is 30.3 Å². The Balaban J connectivity index is 1.22. The molecule has 0 saturated carbocycles. The summed E-state index contributed by atoms with van der Waals surface area (Å²) in [6, 6.07) is 22.8. The van der Waals surface area contributed by atoms with Gasteiger partial charge in [-0.3, -0.25) is 14.9 Å². The lowest BCUT2D eigenvalue weighted by Gasteiger charge is -2.05. The second-order valence-electron chi connectivity index (χ2n) is 6.92. The van der Waals surface area contributed by atoms with E-state index >= 15 is 0 Å². The van der Waals surface area contributed by atoms with Gasteiger partial charge < -0.3 is 14.5 Å². The number of aromatic amines is 1. The predicted octanol–water partition coefficient (Wildman–Crippen LogP) is 5.05. The SMILES string of the molecule is O=C(Nc1cc(-c2ccncc2)[nH]n1)c1ccc(COc2ccc3ccccc3c2)o1. The van der Waals surface area contributed by atoms with E-state index in [1.165, 1.54) is 0 Å². The molecule has 0 spiro atoms. The average Bonchev–Trinajstić information content (AvgIpc) is 3.48. The first-order valence-electron chi connectivity index (χ1n) is 9.72. The standard InChI is InChI=1S/C24H18N4O3/c29-24(26-23-14-21(27-28-23)17-9-11-25-12-10-17)22-8-7-20(31-22)15-30-19-6-5-16-3-1-2-4-18(16)13-19/h1-14H,15H2,(H2,26,27,28,29). The molecule has 0 radical (unpaired) electrons. The summed E-state index contributed by atoms with van der Waals surface area (Å²) < 4.78 is 11.5. The molecule has 2 N–H and O–H groups in total. The van der Waals surface area contributed by atoms with Gasteiger partial charge in [-0.15, -0.1) is 0 Å². The number of ether oxygens (including phenoxy) is 1. The van der Waals surface area contributed by atoms with Crippen molar-refractivity contribution in [3.05, 3.63) is 96.7 Å². The van der Waals surface area contributed by atoms with Crippen LogP contribution in [0.5, 0.6) is 5.75 Å². The van der Waals surface area contributed by atoms with Crippen molar-refractivity contribution in [1.82, 2.24) is 15.2 Å². The molecule has 0 aliphatic rings. The topological polar surface area (TPSA) is 93.0 Å². The van der Waals surface area contributed by atoms with Crippen LogP contribution in [0.3, 0.4) is 0 Å². The van der Waals surface area contributed by atoms with Crippen LogP contribution in [0.15, 0.2) is 89.6 Å². The predicted molar refractivity (Wildman–Crippen MR) is 117 cm³/mol. The molecule has 0 unspecified atom stereocenters. The molecule has 7 heteroatoms. The number of nitrogens with one attached hydrogen (secondary N) is 2. The zero-order chi connectivity index (χ0) is 21.0. The lowest BCUT2D eigenvalue weighted by Crippen LogP contribution is -2.11. The molecule has 31 heavy (non-hydrogen) atoms. The summed E-state index contributed by atoms with van der Waals surface area (Å²) in [6.45, 7) is 0.222. The van der Waals surface area contributed by atoms with Crippen LogP contribution in [-0.2, 0) is 6.61 Å². The van der Waals surface area contributed by atoms with Gasteiger partial charge in [-0.25, -0.2) is 0 Å². The fourth-order valence-corrected chi connectivity index (χ4v) is 3.23. The highest BCUT2D eigenvalue weighted by Crippen LogP contribution is 2.22. The second kappa shape index (κ2) is 8.16. The number of rotatable bonds is 6. The van der Waals surface area contributed by atoms with Crippen molar-refractivity contribution in [1.29, 1.82) is 0 Å². The van der Waals surface area contributed by atoms with Crippen LogP contribution in [-0.4, -0.2) is 21.1 Å². The van der Waals surface area contributed by atoms with E-state index < -0.39 is 0 Å². The minimum Gasteiger partial charge on any atom is -0.486 e. The van der Waals surface area contributed by atoms with Crippen molar-refractivity contribution >= 4 is 22.5 Å². The lowest BCUT2D eigenvalue weighted by molar-refractivity contribution is 0.0992. The molecule has 7 nitrogen and oxygen atoms in total. The van der Waals surface area contributed by atoms with Gasteiger partial charge in [0.15, 0.2) is 11.6 Å². The molecule has 0 bridgehead atoms. The number of furan rings is 1. The summed E-state index contributed by atoms with van der Waals surface area (Å²) in [5, 5.41) is 12.0. The highest BCUT2D eigenvalue weighted by Gasteiger charge is 2.14. The quantitative estimate of drug-likeness (QED) is 0.409. The van der Waals surface area contributed by atoms with Crippen molar-refractivity contribution < 1.29 is 13.9 Å². The molecule has 1 amide bonds. The van der Waals surface area contributed by atoms with Gasteiger partial charge in [0.05, 0.1) is 5.69 Å². The molecule has 0 saturated heterocycles. The van der Waals surface area contributed by atoms with Gasteiger partial charge in [-0.2, -0.15) is 5.10 Å². The summed E-state index contributed by atoms with van der Waals surface area (Å²) >= 11 is 0. The largest absolute Gasteiger partial charge is 0.486 e. The fraction of sp³-hybridized carbons (Fsp3) is 0.0417. The van der Waals surface area contributed by atoms with E-state index in [2.05, 4.69) is 26.6 Å². The number of hydrogen-bond donors (Lipinski definition) is 2. The monoisotopic (exact) mass is 410 g/mol. The fourth-order valence-electron chi connectivity index (χ4n) is 3.23. The highest BCUT2D eigenvalue weighted by molar-refractivity contribution is 6.01. The van der Waals surface area contributed by atoms with E-state index in [9.17, 15) is 4.79 Å².